The highest BCUT2D eigenvalue weighted by atomic mass is 16.4. The van der Waals surface area contributed by atoms with Crippen LogP contribution in [0.4, 0.5) is 0 Å². The molecular weight excluding hydrogens is 268 g/mol. The number of aryl methyl sites for hydroxylation is 4. The second-order valence-corrected chi connectivity index (χ2v) is 5.34. The van der Waals surface area contributed by atoms with Gasteiger partial charge in [-0.25, -0.2) is 4.68 Å². The molecule has 0 aliphatic carbocycles. The number of aromatic nitrogens is 4. The predicted octanol–water partition coefficient (Wildman–Crippen LogP) is 1.88. The predicted molar refractivity (Wildman–Crippen MR) is 77.8 cm³/mol. The monoisotopic (exact) mass is 288 g/mol. The van der Waals surface area contributed by atoms with E-state index in [0.717, 1.165) is 18.7 Å². The van der Waals surface area contributed by atoms with Crippen molar-refractivity contribution in [3.05, 3.63) is 41.2 Å². The average Bonchev–Trinajstić information content (AvgIpc) is 2.90. The largest absolute Gasteiger partial charge is 0.481 e. The fourth-order valence-corrected chi connectivity index (χ4v) is 2.14. The number of carboxylic acid groups (broad SMARTS) is 1. The lowest BCUT2D eigenvalue weighted by atomic mass is 10.1. The maximum Gasteiger partial charge on any atom is 0.306 e. The highest BCUT2D eigenvalue weighted by molar-refractivity contribution is 5.69. The summed E-state index contributed by atoms with van der Waals surface area (Å²) >= 11 is 0. The summed E-state index contributed by atoms with van der Waals surface area (Å²) in [5.41, 5.74) is 2.49. The Labute approximate surface area is 123 Å². The molecular formula is C15H20N4O2. The Hall–Kier alpha value is -2.24. The second-order valence-electron chi connectivity index (χ2n) is 5.34. The van der Waals surface area contributed by atoms with Crippen molar-refractivity contribution < 1.29 is 9.90 Å². The summed E-state index contributed by atoms with van der Waals surface area (Å²) in [7, 11) is 0. The molecule has 0 saturated heterocycles. The topological polar surface area (TPSA) is 80.9 Å². The molecule has 0 aliphatic rings. The van der Waals surface area contributed by atoms with Crippen LogP contribution in [0.2, 0.25) is 0 Å². The lowest BCUT2D eigenvalue weighted by Gasteiger charge is -2.07. The number of carbonyl (C=O) groups is 1. The van der Waals surface area contributed by atoms with Crippen LogP contribution in [0.5, 0.6) is 0 Å². The van der Waals surface area contributed by atoms with E-state index in [1.165, 1.54) is 11.1 Å². The number of hydrogen-bond donors (Lipinski definition) is 1. The quantitative estimate of drug-likeness (QED) is 0.841. The normalized spacial score (nSPS) is 12.3. The van der Waals surface area contributed by atoms with Crippen molar-refractivity contribution in [3.63, 3.8) is 0 Å². The Bertz CT molecular complexity index is 609. The van der Waals surface area contributed by atoms with Gasteiger partial charge in [0.2, 0.25) is 0 Å². The summed E-state index contributed by atoms with van der Waals surface area (Å²) in [4.78, 5) is 10.8. The molecule has 2 rings (SSSR count). The van der Waals surface area contributed by atoms with Crippen LogP contribution < -0.4 is 0 Å². The molecule has 1 aromatic carbocycles. The van der Waals surface area contributed by atoms with Crippen LogP contribution >= 0.6 is 0 Å². The Morgan fingerprint density at radius 3 is 2.90 bits per heavy atom. The Kier molecular flexibility index (Phi) is 5.03. The van der Waals surface area contributed by atoms with Crippen LogP contribution in [-0.2, 0) is 24.2 Å². The third-order valence-corrected chi connectivity index (χ3v) is 3.52. The highest BCUT2D eigenvalue weighted by Crippen LogP contribution is 2.09. The van der Waals surface area contributed by atoms with Crippen molar-refractivity contribution in [1.29, 1.82) is 0 Å². The Balaban J connectivity index is 1.92. The zero-order valence-electron chi connectivity index (χ0n) is 12.4. The van der Waals surface area contributed by atoms with E-state index in [9.17, 15) is 4.79 Å². The van der Waals surface area contributed by atoms with Gasteiger partial charge < -0.3 is 5.11 Å². The van der Waals surface area contributed by atoms with E-state index in [-0.39, 0.29) is 5.92 Å². The summed E-state index contributed by atoms with van der Waals surface area (Å²) in [5.74, 6) is -0.377. The zero-order chi connectivity index (χ0) is 15.2. The number of rotatable bonds is 7. The molecule has 2 aromatic rings. The number of aliphatic carboxylic acids is 1. The number of nitrogens with zero attached hydrogens (tertiary/aromatic N) is 4. The zero-order valence-corrected chi connectivity index (χ0v) is 12.4. The third kappa shape index (κ3) is 4.37. The maximum absolute atomic E-state index is 10.8. The number of carboxylic acids is 1. The second kappa shape index (κ2) is 6.97. The summed E-state index contributed by atoms with van der Waals surface area (Å²) in [6.07, 6.45) is 2.15. The SMILES string of the molecule is Cc1cccc(CCc2nnnn2CCC(C)C(=O)O)c1. The molecule has 1 N–H and O–H groups in total. The van der Waals surface area contributed by atoms with Crippen LogP contribution in [0.15, 0.2) is 24.3 Å². The van der Waals surface area contributed by atoms with Gasteiger partial charge in [0.1, 0.15) is 0 Å². The van der Waals surface area contributed by atoms with Crippen LogP contribution in [0.1, 0.15) is 30.3 Å². The fraction of sp³-hybridized carbons (Fsp3) is 0.467. The smallest absolute Gasteiger partial charge is 0.306 e. The van der Waals surface area contributed by atoms with Gasteiger partial charge in [-0.3, -0.25) is 4.79 Å². The van der Waals surface area contributed by atoms with Gasteiger partial charge >= 0.3 is 5.97 Å². The Morgan fingerprint density at radius 2 is 2.19 bits per heavy atom. The minimum Gasteiger partial charge on any atom is -0.481 e. The molecule has 1 heterocycles. The molecule has 0 fully saturated rings. The minimum atomic E-state index is -0.788. The third-order valence-electron chi connectivity index (χ3n) is 3.52. The molecule has 0 bridgehead atoms. The van der Waals surface area contributed by atoms with Crippen molar-refractivity contribution in [2.24, 2.45) is 5.92 Å². The molecule has 6 nitrogen and oxygen atoms in total. The van der Waals surface area contributed by atoms with Crippen LogP contribution in [0.25, 0.3) is 0 Å². The minimum absolute atomic E-state index is 0.390. The van der Waals surface area contributed by atoms with Crippen molar-refractivity contribution in [3.8, 4) is 0 Å². The van der Waals surface area contributed by atoms with Gasteiger partial charge in [0.15, 0.2) is 5.82 Å². The number of hydrogen-bond acceptors (Lipinski definition) is 4. The van der Waals surface area contributed by atoms with E-state index < -0.39 is 5.97 Å². The number of tetrazole rings is 1. The molecule has 0 radical (unpaired) electrons. The summed E-state index contributed by atoms with van der Waals surface area (Å²) in [5, 5.41) is 20.6. The molecule has 112 valence electrons. The molecule has 1 atom stereocenters. The van der Waals surface area contributed by atoms with Crippen LogP contribution in [0.3, 0.4) is 0 Å². The van der Waals surface area contributed by atoms with E-state index in [1.807, 2.05) is 6.07 Å². The van der Waals surface area contributed by atoms with Crippen molar-refractivity contribution in [2.75, 3.05) is 0 Å². The van der Waals surface area contributed by atoms with E-state index in [2.05, 4.69) is 40.6 Å². The first kappa shape index (κ1) is 15.2. The molecule has 6 heteroatoms. The van der Waals surface area contributed by atoms with Crippen LogP contribution in [0, 0.1) is 12.8 Å². The molecule has 1 aromatic heterocycles. The molecule has 21 heavy (non-hydrogen) atoms. The van der Waals surface area contributed by atoms with Gasteiger partial charge in [-0.1, -0.05) is 36.8 Å². The standard InChI is InChI=1S/C15H20N4O2/c1-11-4-3-5-13(10-11)6-7-14-16-17-18-19(14)9-8-12(2)15(20)21/h3-5,10,12H,6-9H2,1-2H3,(H,20,21). The summed E-state index contributed by atoms with van der Waals surface area (Å²) < 4.78 is 1.70. The van der Waals surface area contributed by atoms with Crippen molar-refractivity contribution in [1.82, 2.24) is 20.2 Å². The van der Waals surface area contributed by atoms with Gasteiger partial charge in [0.25, 0.3) is 0 Å². The summed E-state index contributed by atoms with van der Waals surface area (Å²) in [6.45, 7) is 4.30. The lowest BCUT2D eigenvalue weighted by Crippen LogP contribution is -2.15. The molecule has 0 amide bonds. The average molecular weight is 288 g/mol. The van der Waals surface area contributed by atoms with Gasteiger partial charge in [-0.05, 0) is 35.8 Å². The van der Waals surface area contributed by atoms with Gasteiger partial charge in [-0.15, -0.1) is 5.10 Å². The van der Waals surface area contributed by atoms with E-state index >= 15 is 0 Å². The Morgan fingerprint density at radius 1 is 1.38 bits per heavy atom. The van der Waals surface area contributed by atoms with E-state index in [4.69, 9.17) is 5.11 Å². The first-order valence-electron chi connectivity index (χ1n) is 7.09. The van der Waals surface area contributed by atoms with E-state index in [1.54, 1.807) is 11.6 Å². The summed E-state index contributed by atoms with van der Waals surface area (Å²) in [6, 6.07) is 8.36. The fourth-order valence-electron chi connectivity index (χ4n) is 2.14. The molecule has 0 spiro atoms. The van der Waals surface area contributed by atoms with Crippen molar-refractivity contribution >= 4 is 5.97 Å². The van der Waals surface area contributed by atoms with Crippen molar-refractivity contribution in [2.45, 2.75) is 39.7 Å². The maximum atomic E-state index is 10.8. The highest BCUT2D eigenvalue weighted by Gasteiger charge is 2.13. The first-order chi connectivity index (χ1) is 10.1. The number of benzene rings is 1. The first-order valence-corrected chi connectivity index (χ1v) is 7.09. The van der Waals surface area contributed by atoms with Gasteiger partial charge in [0.05, 0.1) is 5.92 Å². The molecule has 1 unspecified atom stereocenters. The van der Waals surface area contributed by atoms with Crippen LogP contribution in [-0.4, -0.2) is 31.3 Å². The van der Waals surface area contributed by atoms with Gasteiger partial charge in [0, 0.05) is 13.0 Å². The lowest BCUT2D eigenvalue weighted by molar-refractivity contribution is -0.141. The molecule has 0 aliphatic heterocycles. The molecule has 0 saturated carbocycles. The van der Waals surface area contributed by atoms with E-state index in [0.29, 0.717) is 13.0 Å². The van der Waals surface area contributed by atoms with Gasteiger partial charge in [-0.2, -0.15) is 0 Å².